The minimum absolute atomic E-state index is 0.351. The number of fused-ring (bicyclic) bond motifs is 1. The Morgan fingerprint density at radius 1 is 0.926 bits per heavy atom. The Morgan fingerprint density at radius 2 is 1.63 bits per heavy atom. The van der Waals surface area contributed by atoms with Crippen LogP contribution in [0.4, 0.5) is 26.0 Å². The Kier molecular flexibility index (Phi) is 3.99. The number of rotatable bonds is 3. The van der Waals surface area contributed by atoms with Gasteiger partial charge in [-0.2, -0.15) is 0 Å². The molecule has 136 valence electrons. The van der Waals surface area contributed by atoms with Crippen LogP contribution in [0.25, 0.3) is 16.9 Å². The summed E-state index contributed by atoms with van der Waals surface area (Å²) in [5.41, 5.74) is 9.32. The molecule has 4 aromatic rings. The van der Waals surface area contributed by atoms with Gasteiger partial charge in [0.2, 0.25) is 0 Å². The molecule has 0 unspecified atom stereocenters. The smallest absolute Gasteiger partial charge is 0.161 e. The van der Waals surface area contributed by atoms with Gasteiger partial charge in [-0.05, 0) is 26.0 Å². The summed E-state index contributed by atoms with van der Waals surface area (Å²) < 4.78 is 28.9. The van der Waals surface area contributed by atoms with Crippen LogP contribution in [0, 0.1) is 25.5 Å². The highest BCUT2D eigenvalue weighted by molar-refractivity contribution is 5.78. The summed E-state index contributed by atoms with van der Waals surface area (Å²) in [6, 6.07) is 13.4. The van der Waals surface area contributed by atoms with E-state index in [4.69, 9.17) is 5.73 Å². The highest BCUT2D eigenvalue weighted by Crippen LogP contribution is 2.26. The van der Waals surface area contributed by atoms with Crippen molar-refractivity contribution in [2.45, 2.75) is 13.8 Å². The van der Waals surface area contributed by atoms with Crippen molar-refractivity contribution in [1.29, 1.82) is 0 Å². The predicted molar refractivity (Wildman–Crippen MR) is 102 cm³/mol. The van der Waals surface area contributed by atoms with Crippen molar-refractivity contribution in [2.75, 3.05) is 11.1 Å². The van der Waals surface area contributed by atoms with Gasteiger partial charge in [0.1, 0.15) is 17.5 Å². The van der Waals surface area contributed by atoms with Gasteiger partial charge in [-0.1, -0.05) is 17.7 Å². The van der Waals surface area contributed by atoms with E-state index in [1.165, 1.54) is 0 Å². The van der Waals surface area contributed by atoms with E-state index in [0.29, 0.717) is 34.2 Å². The van der Waals surface area contributed by atoms with Gasteiger partial charge in [0.25, 0.3) is 0 Å². The second kappa shape index (κ2) is 6.35. The van der Waals surface area contributed by atoms with E-state index in [0.717, 1.165) is 23.4 Å². The van der Waals surface area contributed by atoms with Crippen LogP contribution in [0.15, 0.2) is 48.5 Å². The molecule has 0 spiro atoms. The van der Waals surface area contributed by atoms with Crippen LogP contribution in [0.2, 0.25) is 0 Å². The van der Waals surface area contributed by atoms with Crippen LogP contribution >= 0.6 is 0 Å². The molecule has 7 heteroatoms. The van der Waals surface area contributed by atoms with Crippen molar-refractivity contribution in [2.24, 2.45) is 0 Å². The molecule has 2 aromatic carbocycles. The number of nitrogens with zero attached hydrogens (tertiary/aromatic N) is 3. The maximum atomic E-state index is 13.8. The number of nitrogens with one attached hydrogen (secondary N) is 1. The number of anilines is 3. The van der Waals surface area contributed by atoms with Gasteiger partial charge in [0.05, 0.1) is 11.0 Å². The van der Waals surface area contributed by atoms with E-state index in [-0.39, 0.29) is 0 Å². The van der Waals surface area contributed by atoms with Crippen molar-refractivity contribution in [3.63, 3.8) is 0 Å². The summed E-state index contributed by atoms with van der Waals surface area (Å²) in [6.45, 7) is 3.75. The Balaban J connectivity index is 1.81. The minimum atomic E-state index is -0.939. The molecule has 0 saturated heterocycles. The second-order valence-corrected chi connectivity index (χ2v) is 6.38. The first-order valence-electron chi connectivity index (χ1n) is 8.36. The third-order valence-corrected chi connectivity index (χ3v) is 4.25. The number of pyridine rings is 1. The fourth-order valence-electron chi connectivity index (χ4n) is 2.98. The molecule has 27 heavy (non-hydrogen) atoms. The minimum Gasteiger partial charge on any atom is -0.399 e. The van der Waals surface area contributed by atoms with Crippen LogP contribution in [-0.4, -0.2) is 14.5 Å². The van der Waals surface area contributed by atoms with Crippen LogP contribution in [0.5, 0.6) is 0 Å². The van der Waals surface area contributed by atoms with Crippen LogP contribution in [0.3, 0.4) is 0 Å². The Bertz CT molecular complexity index is 1150. The van der Waals surface area contributed by atoms with Crippen molar-refractivity contribution in [3.05, 3.63) is 71.6 Å². The molecule has 0 radical (unpaired) electrons. The van der Waals surface area contributed by atoms with Crippen LogP contribution in [-0.2, 0) is 0 Å². The average Bonchev–Trinajstić information content (AvgIpc) is 2.92. The summed E-state index contributed by atoms with van der Waals surface area (Å²) in [4.78, 5) is 8.87. The van der Waals surface area contributed by atoms with Gasteiger partial charge in [0.15, 0.2) is 11.6 Å². The molecule has 2 heterocycles. The number of aryl methyl sites for hydroxylation is 2. The summed E-state index contributed by atoms with van der Waals surface area (Å²) >= 11 is 0. The number of hydrogen-bond donors (Lipinski definition) is 2. The molecule has 0 amide bonds. The van der Waals surface area contributed by atoms with E-state index in [9.17, 15) is 8.78 Å². The molecular weight excluding hydrogens is 348 g/mol. The van der Waals surface area contributed by atoms with E-state index in [2.05, 4.69) is 15.3 Å². The lowest BCUT2D eigenvalue weighted by molar-refractivity contribution is 0.510. The first-order chi connectivity index (χ1) is 12.9. The molecule has 4 rings (SSSR count). The van der Waals surface area contributed by atoms with Gasteiger partial charge in [0, 0.05) is 35.6 Å². The number of hydrogen-bond acceptors (Lipinski definition) is 4. The molecule has 0 atom stereocenters. The van der Waals surface area contributed by atoms with Crippen molar-refractivity contribution in [3.8, 4) is 5.82 Å². The molecule has 5 nitrogen and oxygen atoms in total. The zero-order valence-corrected chi connectivity index (χ0v) is 14.8. The van der Waals surface area contributed by atoms with Crippen molar-refractivity contribution in [1.82, 2.24) is 14.5 Å². The largest absolute Gasteiger partial charge is 0.399 e. The fraction of sp³-hybridized carbons (Fsp3) is 0.100. The zero-order chi connectivity index (χ0) is 19.1. The van der Waals surface area contributed by atoms with E-state index in [1.54, 1.807) is 23.6 Å². The lowest BCUT2D eigenvalue weighted by Gasteiger charge is -2.12. The van der Waals surface area contributed by atoms with Crippen LogP contribution in [0.1, 0.15) is 11.4 Å². The SMILES string of the molecule is Cc1ccc(Nc2cc(N)cc(-n3c(C)nc4cc(F)c(F)cc43)n2)cc1. The number of imidazole rings is 1. The lowest BCUT2D eigenvalue weighted by atomic mass is 10.2. The highest BCUT2D eigenvalue weighted by atomic mass is 19.2. The second-order valence-electron chi connectivity index (χ2n) is 6.38. The lowest BCUT2D eigenvalue weighted by Crippen LogP contribution is -2.04. The third-order valence-electron chi connectivity index (χ3n) is 4.25. The molecule has 0 aliphatic carbocycles. The van der Waals surface area contributed by atoms with Crippen molar-refractivity contribution >= 4 is 28.2 Å². The number of halogens is 2. The maximum Gasteiger partial charge on any atom is 0.161 e. The first kappa shape index (κ1) is 17.0. The molecule has 3 N–H and O–H groups in total. The van der Waals surface area contributed by atoms with Gasteiger partial charge in [-0.15, -0.1) is 0 Å². The van der Waals surface area contributed by atoms with E-state index in [1.807, 2.05) is 31.2 Å². The quantitative estimate of drug-likeness (QED) is 0.555. The number of benzene rings is 2. The molecule has 0 bridgehead atoms. The highest BCUT2D eigenvalue weighted by Gasteiger charge is 2.15. The van der Waals surface area contributed by atoms with E-state index >= 15 is 0 Å². The molecular formula is C20H17F2N5. The number of aromatic nitrogens is 3. The fourth-order valence-corrected chi connectivity index (χ4v) is 2.98. The Hall–Kier alpha value is -3.48. The molecule has 0 aliphatic heterocycles. The Labute approximate surface area is 154 Å². The number of nitrogen functional groups attached to an aromatic ring is 1. The van der Waals surface area contributed by atoms with Crippen molar-refractivity contribution < 1.29 is 8.78 Å². The third kappa shape index (κ3) is 3.19. The topological polar surface area (TPSA) is 68.8 Å². The molecule has 0 fully saturated rings. The van der Waals surface area contributed by atoms with Gasteiger partial charge < -0.3 is 11.1 Å². The summed E-state index contributed by atoms with van der Waals surface area (Å²) in [5, 5.41) is 3.20. The summed E-state index contributed by atoms with van der Waals surface area (Å²) in [7, 11) is 0. The zero-order valence-electron chi connectivity index (χ0n) is 14.8. The van der Waals surface area contributed by atoms with Gasteiger partial charge in [-0.3, -0.25) is 4.57 Å². The standard InChI is InChI=1S/C20H17F2N5/c1-11-3-5-14(6-4-11)25-19-7-13(23)8-20(26-19)27-12(2)24-17-9-15(21)16(22)10-18(17)27/h3-10H,1-2H3,(H3,23,25,26). The monoisotopic (exact) mass is 365 g/mol. The summed E-state index contributed by atoms with van der Waals surface area (Å²) in [6.07, 6.45) is 0. The number of nitrogens with two attached hydrogens (primary N) is 1. The van der Waals surface area contributed by atoms with Gasteiger partial charge >= 0.3 is 0 Å². The van der Waals surface area contributed by atoms with Gasteiger partial charge in [-0.25, -0.2) is 18.7 Å². The van der Waals surface area contributed by atoms with Crippen LogP contribution < -0.4 is 11.1 Å². The predicted octanol–water partition coefficient (Wildman–Crippen LogP) is 4.64. The molecule has 2 aromatic heterocycles. The molecule has 0 saturated carbocycles. The van der Waals surface area contributed by atoms with E-state index < -0.39 is 11.6 Å². The average molecular weight is 365 g/mol. The normalized spacial score (nSPS) is 11.1. The maximum absolute atomic E-state index is 13.8. The summed E-state index contributed by atoms with van der Waals surface area (Å²) in [5.74, 6) is -0.317. The first-order valence-corrected chi connectivity index (χ1v) is 8.36. The molecule has 0 aliphatic rings. The Morgan fingerprint density at radius 3 is 2.37 bits per heavy atom.